The van der Waals surface area contributed by atoms with E-state index >= 15 is 0 Å². The van der Waals surface area contributed by atoms with Crippen molar-refractivity contribution in [2.45, 2.75) is 62.7 Å². The molecule has 5 atom stereocenters. The molecule has 0 bridgehead atoms. The minimum atomic E-state index is -1.46. The predicted octanol–water partition coefficient (Wildman–Crippen LogP) is -1.52. The van der Waals surface area contributed by atoms with Gasteiger partial charge in [-0.25, -0.2) is 0 Å². The number of carbonyl (C=O) groups excluding carboxylic acids is 1. The maximum Gasteiger partial charge on any atom is 0.225 e. The van der Waals surface area contributed by atoms with Crippen LogP contribution in [0.15, 0.2) is 0 Å². The number of aliphatic hydroxyl groups excluding tert-OH is 4. The van der Waals surface area contributed by atoms with E-state index in [-0.39, 0.29) is 11.8 Å². The number of carbonyl (C=O) groups is 1. The maximum atomic E-state index is 12.1. The molecule has 1 heterocycles. The second-order valence-electron chi connectivity index (χ2n) is 5.59. The van der Waals surface area contributed by atoms with Crippen molar-refractivity contribution in [2.24, 2.45) is 5.92 Å². The van der Waals surface area contributed by atoms with Crippen LogP contribution in [0.5, 0.6) is 0 Å². The molecule has 1 aliphatic carbocycles. The van der Waals surface area contributed by atoms with Crippen molar-refractivity contribution in [1.29, 1.82) is 0 Å². The summed E-state index contributed by atoms with van der Waals surface area (Å²) in [6, 6.07) is 0. The third-order valence-corrected chi connectivity index (χ3v) is 4.15. The lowest BCUT2D eigenvalue weighted by Gasteiger charge is -2.40. The van der Waals surface area contributed by atoms with Crippen molar-refractivity contribution in [2.75, 3.05) is 6.61 Å². The summed E-state index contributed by atoms with van der Waals surface area (Å²) in [4.78, 5) is 12.1. The van der Waals surface area contributed by atoms with Crippen molar-refractivity contribution >= 4 is 5.91 Å². The third kappa shape index (κ3) is 3.29. The molecule has 2 aliphatic rings. The normalized spacial score (nSPS) is 39.5. The van der Waals surface area contributed by atoms with Crippen LogP contribution < -0.4 is 5.32 Å². The summed E-state index contributed by atoms with van der Waals surface area (Å²) in [5.74, 6) is -0.315. The Morgan fingerprint density at radius 3 is 2.30 bits per heavy atom. The smallest absolute Gasteiger partial charge is 0.225 e. The first kappa shape index (κ1) is 15.7. The summed E-state index contributed by atoms with van der Waals surface area (Å²) < 4.78 is 5.25. The molecule has 0 radical (unpaired) electrons. The molecule has 7 nitrogen and oxygen atoms in total. The Hall–Kier alpha value is -0.730. The van der Waals surface area contributed by atoms with E-state index in [0.717, 1.165) is 32.1 Å². The Morgan fingerprint density at radius 1 is 1.05 bits per heavy atom. The van der Waals surface area contributed by atoms with Gasteiger partial charge in [0, 0.05) is 5.92 Å². The number of ether oxygens (including phenoxy) is 1. The first-order chi connectivity index (χ1) is 9.54. The zero-order chi connectivity index (χ0) is 14.7. The van der Waals surface area contributed by atoms with Crippen LogP contribution in [0.25, 0.3) is 0 Å². The number of amides is 1. The van der Waals surface area contributed by atoms with Gasteiger partial charge < -0.3 is 30.5 Å². The number of nitrogens with one attached hydrogen (secondary N) is 1. The van der Waals surface area contributed by atoms with Crippen molar-refractivity contribution in [1.82, 2.24) is 5.32 Å². The van der Waals surface area contributed by atoms with Crippen LogP contribution >= 0.6 is 0 Å². The first-order valence-electron chi connectivity index (χ1n) is 7.15. The van der Waals surface area contributed by atoms with Crippen LogP contribution in [-0.4, -0.2) is 63.6 Å². The molecule has 0 unspecified atom stereocenters. The zero-order valence-corrected chi connectivity index (χ0v) is 11.3. The third-order valence-electron chi connectivity index (χ3n) is 4.15. The van der Waals surface area contributed by atoms with Crippen LogP contribution in [-0.2, 0) is 9.53 Å². The summed E-state index contributed by atoms with van der Waals surface area (Å²) in [6.07, 6.45) is -1.63. The number of rotatable bonds is 3. The highest BCUT2D eigenvalue weighted by atomic mass is 16.6. The summed E-state index contributed by atoms with van der Waals surface area (Å²) in [5, 5.41) is 40.8. The predicted molar refractivity (Wildman–Crippen MR) is 68.5 cm³/mol. The van der Waals surface area contributed by atoms with Gasteiger partial charge >= 0.3 is 0 Å². The van der Waals surface area contributed by atoms with E-state index in [1.807, 2.05) is 0 Å². The summed E-state index contributed by atoms with van der Waals surface area (Å²) in [7, 11) is 0. The molecule has 1 amide bonds. The average molecular weight is 289 g/mol. The lowest BCUT2D eigenvalue weighted by Crippen LogP contribution is -2.63. The molecule has 1 saturated carbocycles. The van der Waals surface area contributed by atoms with Gasteiger partial charge in [0.05, 0.1) is 6.61 Å². The van der Waals surface area contributed by atoms with E-state index in [1.165, 1.54) is 0 Å². The van der Waals surface area contributed by atoms with Gasteiger partial charge in [0.1, 0.15) is 24.4 Å². The van der Waals surface area contributed by atoms with Crippen LogP contribution in [0.4, 0.5) is 0 Å². The van der Waals surface area contributed by atoms with Gasteiger partial charge in [0.2, 0.25) is 5.91 Å². The lowest BCUT2D eigenvalue weighted by molar-refractivity contribution is -0.236. The van der Waals surface area contributed by atoms with Crippen molar-refractivity contribution in [3.63, 3.8) is 0 Å². The number of hydrogen-bond acceptors (Lipinski definition) is 6. The minimum absolute atomic E-state index is 0.101. The number of hydrogen-bond donors (Lipinski definition) is 5. The molecule has 2 rings (SSSR count). The molecule has 0 aromatic rings. The molecule has 7 heteroatoms. The van der Waals surface area contributed by atoms with E-state index in [1.54, 1.807) is 0 Å². The maximum absolute atomic E-state index is 12.1. The molecular formula is C13H23NO6. The van der Waals surface area contributed by atoms with Gasteiger partial charge in [-0.1, -0.05) is 19.3 Å². The van der Waals surface area contributed by atoms with Crippen LogP contribution in [0, 0.1) is 5.92 Å². The highest BCUT2D eigenvalue weighted by molar-refractivity contribution is 5.78. The largest absolute Gasteiger partial charge is 0.394 e. The molecule has 116 valence electrons. The van der Waals surface area contributed by atoms with Crippen molar-refractivity contribution in [3.05, 3.63) is 0 Å². The van der Waals surface area contributed by atoms with Crippen molar-refractivity contribution in [3.8, 4) is 0 Å². The molecule has 1 aliphatic heterocycles. The van der Waals surface area contributed by atoms with Gasteiger partial charge in [0.25, 0.3) is 0 Å². The Labute approximate surface area is 117 Å². The fourth-order valence-corrected chi connectivity index (χ4v) is 2.84. The fourth-order valence-electron chi connectivity index (χ4n) is 2.84. The standard InChI is InChI=1S/C13H23NO6/c15-6-8-9(16)10(17)11(18)13(20-8)14-12(19)7-4-2-1-3-5-7/h7-11,13,15-18H,1-6H2,(H,14,19)/t8-,9-,10+,11-,13-/m1/s1. The minimum Gasteiger partial charge on any atom is -0.394 e. The number of aliphatic hydroxyl groups is 4. The molecule has 0 aromatic heterocycles. The Kier molecular flexibility index (Phi) is 5.34. The van der Waals surface area contributed by atoms with E-state index in [2.05, 4.69) is 5.32 Å². The second-order valence-corrected chi connectivity index (χ2v) is 5.59. The quantitative estimate of drug-likeness (QED) is 0.431. The van der Waals surface area contributed by atoms with E-state index in [0.29, 0.717) is 0 Å². The van der Waals surface area contributed by atoms with Crippen LogP contribution in [0.2, 0.25) is 0 Å². The SMILES string of the molecule is O=C(N[C@@H]1O[C@H](CO)[C@@H](O)[C@H](O)[C@H]1O)C1CCCCC1. The van der Waals surface area contributed by atoms with E-state index < -0.39 is 37.3 Å². The van der Waals surface area contributed by atoms with Gasteiger partial charge in [-0.15, -0.1) is 0 Å². The zero-order valence-electron chi connectivity index (χ0n) is 11.3. The summed E-state index contributed by atoms with van der Waals surface area (Å²) in [5.41, 5.74) is 0. The molecule has 1 saturated heterocycles. The Morgan fingerprint density at radius 2 is 1.70 bits per heavy atom. The Bertz CT molecular complexity index is 331. The van der Waals surface area contributed by atoms with E-state index in [4.69, 9.17) is 9.84 Å². The van der Waals surface area contributed by atoms with Gasteiger partial charge in [-0.05, 0) is 12.8 Å². The second kappa shape index (κ2) is 6.82. The molecular weight excluding hydrogens is 266 g/mol. The summed E-state index contributed by atoms with van der Waals surface area (Å²) >= 11 is 0. The molecule has 2 fully saturated rings. The highest BCUT2D eigenvalue weighted by Gasteiger charge is 2.44. The first-order valence-corrected chi connectivity index (χ1v) is 7.15. The van der Waals surface area contributed by atoms with Crippen molar-refractivity contribution < 1.29 is 30.0 Å². The van der Waals surface area contributed by atoms with Gasteiger partial charge in [0.15, 0.2) is 6.23 Å². The lowest BCUT2D eigenvalue weighted by atomic mass is 9.88. The molecule has 0 spiro atoms. The average Bonchev–Trinajstić information content (AvgIpc) is 2.48. The summed E-state index contributed by atoms with van der Waals surface area (Å²) in [6.45, 7) is -0.499. The van der Waals surface area contributed by atoms with Crippen LogP contribution in [0.1, 0.15) is 32.1 Å². The molecule has 20 heavy (non-hydrogen) atoms. The Balaban J connectivity index is 1.94. The van der Waals surface area contributed by atoms with Gasteiger partial charge in [-0.3, -0.25) is 4.79 Å². The molecule has 0 aromatic carbocycles. The topological polar surface area (TPSA) is 119 Å². The van der Waals surface area contributed by atoms with Crippen LogP contribution in [0.3, 0.4) is 0 Å². The monoisotopic (exact) mass is 289 g/mol. The van der Waals surface area contributed by atoms with Gasteiger partial charge in [-0.2, -0.15) is 0 Å². The fraction of sp³-hybridized carbons (Fsp3) is 0.923. The van der Waals surface area contributed by atoms with E-state index in [9.17, 15) is 20.1 Å². The highest BCUT2D eigenvalue weighted by Crippen LogP contribution is 2.25. The molecule has 5 N–H and O–H groups in total.